The van der Waals surface area contributed by atoms with Gasteiger partial charge in [-0.05, 0) is 35.6 Å². The molecule has 0 bridgehead atoms. The fourth-order valence-electron chi connectivity index (χ4n) is 3.34. The molecule has 1 unspecified atom stereocenters. The molecule has 0 radical (unpaired) electrons. The maximum Gasteiger partial charge on any atom is 0.310 e. The first kappa shape index (κ1) is 14.0. The van der Waals surface area contributed by atoms with E-state index < -0.39 is 18.1 Å². The second kappa shape index (κ2) is 4.71. The number of rotatable bonds is 1. The van der Waals surface area contributed by atoms with Gasteiger partial charge >= 0.3 is 5.92 Å². The molecule has 1 aliphatic heterocycles. The van der Waals surface area contributed by atoms with Crippen molar-refractivity contribution in [3.05, 3.63) is 48.0 Å². The Morgan fingerprint density at radius 2 is 1.91 bits per heavy atom. The van der Waals surface area contributed by atoms with Gasteiger partial charge in [0.1, 0.15) is 6.33 Å². The molecule has 23 heavy (non-hydrogen) atoms. The Hall–Kier alpha value is -2.57. The van der Waals surface area contributed by atoms with Crippen LogP contribution in [0.5, 0.6) is 0 Å². The Morgan fingerprint density at radius 3 is 2.70 bits per heavy atom. The number of aryl methyl sites for hydroxylation is 1. The van der Waals surface area contributed by atoms with Crippen molar-refractivity contribution < 1.29 is 13.5 Å². The smallest absolute Gasteiger partial charge is 0.310 e. The summed E-state index contributed by atoms with van der Waals surface area (Å²) in [6, 6.07) is 5.32. The van der Waals surface area contributed by atoms with Crippen LogP contribution in [0.15, 0.2) is 41.9 Å². The van der Waals surface area contributed by atoms with E-state index in [4.69, 9.17) is 10.5 Å². The minimum atomic E-state index is -3.10. The third-order valence-electron chi connectivity index (χ3n) is 4.51. The van der Waals surface area contributed by atoms with Crippen LogP contribution in [0.4, 0.5) is 8.78 Å². The second-order valence-corrected chi connectivity index (χ2v) is 5.80. The first-order valence-electron chi connectivity index (χ1n) is 7.27. The molecular formula is C16H14F2N4O. The van der Waals surface area contributed by atoms with Crippen LogP contribution in [-0.4, -0.2) is 28.5 Å². The van der Waals surface area contributed by atoms with E-state index in [1.807, 2.05) is 12.1 Å². The van der Waals surface area contributed by atoms with Gasteiger partial charge in [-0.1, -0.05) is 12.1 Å². The lowest BCUT2D eigenvalue weighted by Gasteiger charge is -2.37. The fraction of sp³-hybridized carbons (Fsp3) is 0.312. The average Bonchev–Trinajstić information content (AvgIpc) is 2.92. The molecule has 0 saturated carbocycles. The predicted molar refractivity (Wildman–Crippen MR) is 80.0 cm³/mol. The molecule has 0 fully saturated rings. The molecule has 2 aliphatic rings. The highest BCUT2D eigenvalue weighted by atomic mass is 19.3. The van der Waals surface area contributed by atoms with Gasteiger partial charge in [0.25, 0.3) is 6.02 Å². The zero-order chi connectivity index (χ0) is 16.1. The van der Waals surface area contributed by atoms with Crippen LogP contribution in [0, 0.1) is 0 Å². The number of hydrogen-bond acceptors (Lipinski definition) is 5. The summed E-state index contributed by atoms with van der Waals surface area (Å²) in [5.41, 5.74) is 6.87. The molecule has 118 valence electrons. The van der Waals surface area contributed by atoms with Crippen molar-refractivity contribution in [2.75, 3.05) is 6.61 Å². The van der Waals surface area contributed by atoms with E-state index in [0.29, 0.717) is 12.0 Å². The van der Waals surface area contributed by atoms with E-state index in [1.54, 1.807) is 18.5 Å². The number of aromatic nitrogens is 2. The van der Waals surface area contributed by atoms with E-state index in [1.165, 1.54) is 6.33 Å². The molecule has 1 spiro atoms. The Kier molecular flexibility index (Phi) is 2.88. The number of nitrogens with two attached hydrogens (primary N) is 1. The summed E-state index contributed by atoms with van der Waals surface area (Å²) in [6.45, 7) is -0.750. The van der Waals surface area contributed by atoms with Crippen LogP contribution < -0.4 is 5.73 Å². The van der Waals surface area contributed by atoms with Gasteiger partial charge in [-0.3, -0.25) is 0 Å². The molecule has 1 atom stereocenters. The minimum Gasteiger partial charge on any atom is -0.459 e. The number of halogens is 2. The molecule has 0 saturated heterocycles. The highest BCUT2D eigenvalue weighted by Crippen LogP contribution is 2.52. The Balaban J connectivity index is 1.90. The van der Waals surface area contributed by atoms with Crippen LogP contribution in [0.3, 0.4) is 0 Å². The number of hydrogen-bond donors (Lipinski definition) is 1. The van der Waals surface area contributed by atoms with Crippen LogP contribution in [-0.2, 0) is 16.7 Å². The van der Waals surface area contributed by atoms with Gasteiger partial charge in [0, 0.05) is 18.0 Å². The Bertz CT molecular complexity index is 794. The van der Waals surface area contributed by atoms with Crippen molar-refractivity contribution in [1.29, 1.82) is 0 Å². The lowest BCUT2D eigenvalue weighted by molar-refractivity contribution is -0.121. The number of nitrogens with zero attached hydrogens (tertiary/aromatic N) is 3. The normalized spacial score (nSPS) is 24.9. The molecule has 1 aliphatic carbocycles. The number of ether oxygens (including phenoxy) is 1. The summed E-state index contributed by atoms with van der Waals surface area (Å²) in [7, 11) is 0. The number of fused-ring (bicyclic) bond motifs is 2. The summed E-state index contributed by atoms with van der Waals surface area (Å²) in [4.78, 5) is 12.0. The largest absolute Gasteiger partial charge is 0.459 e. The lowest BCUT2D eigenvalue weighted by atomic mass is 9.84. The second-order valence-electron chi connectivity index (χ2n) is 5.80. The van der Waals surface area contributed by atoms with Gasteiger partial charge in [0.05, 0.1) is 0 Å². The van der Waals surface area contributed by atoms with Gasteiger partial charge in [-0.15, -0.1) is 0 Å². The van der Waals surface area contributed by atoms with E-state index in [-0.39, 0.29) is 12.4 Å². The molecular weight excluding hydrogens is 302 g/mol. The van der Waals surface area contributed by atoms with Gasteiger partial charge in [-0.2, -0.15) is 8.78 Å². The highest BCUT2D eigenvalue weighted by molar-refractivity contribution is 5.74. The van der Waals surface area contributed by atoms with Crippen molar-refractivity contribution in [2.45, 2.75) is 24.3 Å². The molecule has 5 nitrogen and oxygen atoms in total. The van der Waals surface area contributed by atoms with Crippen molar-refractivity contribution in [2.24, 2.45) is 10.7 Å². The summed E-state index contributed by atoms with van der Waals surface area (Å²) < 4.78 is 34.0. The summed E-state index contributed by atoms with van der Waals surface area (Å²) >= 11 is 0. The first-order chi connectivity index (χ1) is 11.0. The highest BCUT2D eigenvalue weighted by Gasteiger charge is 2.60. The number of amidine groups is 1. The van der Waals surface area contributed by atoms with Crippen LogP contribution in [0.1, 0.15) is 17.5 Å². The van der Waals surface area contributed by atoms with Crippen molar-refractivity contribution in [3.8, 4) is 11.1 Å². The van der Waals surface area contributed by atoms with Crippen LogP contribution >= 0.6 is 0 Å². The van der Waals surface area contributed by atoms with E-state index >= 15 is 0 Å². The van der Waals surface area contributed by atoms with Gasteiger partial charge in [0.2, 0.25) is 0 Å². The summed E-state index contributed by atoms with van der Waals surface area (Å²) in [5, 5.41) is 0. The molecule has 4 rings (SSSR count). The fourth-order valence-corrected chi connectivity index (χ4v) is 3.34. The monoisotopic (exact) mass is 316 g/mol. The molecule has 2 heterocycles. The zero-order valence-electron chi connectivity index (χ0n) is 12.2. The van der Waals surface area contributed by atoms with Gasteiger partial charge in [-0.25, -0.2) is 15.0 Å². The molecule has 2 N–H and O–H groups in total. The standard InChI is InChI=1S/C16H14F2N4O/c17-16(18)8-23-14(19)22-15(16)4-3-10-1-2-11(5-13(10)15)12-6-20-9-21-7-12/h1-2,5-7,9H,3-4,8H2,(H2,19,22). The first-order valence-corrected chi connectivity index (χ1v) is 7.27. The van der Waals surface area contributed by atoms with E-state index in [2.05, 4.69) is 15.0 Å². The third kappa shape index (κ3) is 1.99. The van der Waals surface area contributed by atoms with Gasteiger partial charge in [0.15, 0.2) is 12.1 Å². The van der Waals surface area contributed by atoms with Gasteiger partial charge < -0.3 is 10.5 Å². The maximum absolute atomic E-state index is 14.6. The Morgan fingerprint density at radius 1 is 1.13 bits per heavy atom. The topological polar surface area (TPSA) is 73.4 Å². The van der Waals surface area contributed by atoms with Crippen molar-refractivity contribution in [1.82, 2.24) is 9.97 Å². The number of benzene rings is 1. The zero-order valence-corrected chi connectivity index (χ0v) is 12.2. The van der Waals surface area contributed by atoms with E-state index in [0.717, 1.165) is 16.7 Å². The number of aliphatic imine (C=N–C) groups is 1. The maximum atomic E-state index is 14.6. The molecule has 0 amide bonds. The van der Waals surface area contributed by atoms with Crippen LogP contribution in [0.2, 0.25) is 0 Å². The average molecular weight is 316 g/mol. The Labute approximate surface area is 131 Å². The number of alkyl halides is 2. The predicted octanol–water partition coefficient (Wildman–Crippen LogP) is 2.27. The van der Waals surface area contributed by atoms with Crippen molar-refractivity contribution >= 4 is 6.02 Å². The van der Waals surface area contributed by atoms with E-state index in [9.17, 15) is 8.78 Å². The summed E-state index contributed by atoms with van der Waals surface area (Å²) in [6.07, 6.45) is 5.48. The lowest BCUT2D eigenvalue weighted by Crippen LogP contribution is -2.51. The molecule has 1 aromatic carbocycles. The SMILES string of the molecule is NC1=NC2(CCc3ccc(-c4cncnc4)cc32)C(F)(F)CO1. The molecule has 7 heteroatoms. The summed E-state index contributed by atoms with van der Waals surface area (Å²) in [5.74, 6) is -3.10. The van der Waals surface area contributed by atoms with Crippen molar-refractivity contribution in [3.63, 3.8) is 0 Å². The minimum absolute atomic E-state index is 0.183. The molecule has 1 aromatic heterocycles. The van der Waals surface area contributed by atoms with Crippen LogP contribution in [0.25, 0.3) is 11.1 Å². The quantitative estimate of drug-likeness (QED) is 0.876. The third-order valence-corrected chi connectivity index (χ3v) is 4.51. The molecule has 2 aromatic rings.